The van der Waals surface area contributed by atoms with Gasteiger partial charge in [0, 0.05) is 23.7 Å². The number of nitrogens with one attached hydrogen (secondary N) is 1. The fourth-order valence-corrected chi connectivity index (χ4v) is 2.66. The van der Waals surface area contributed by atoms with Gasteiger partial charge in [0.1, 0.15) is 0 Å². The summed E-state index contributed by atoms with van der Waals surface area (Å²) in [5.74, 6) is 0. The summed E-state index contributed by atoms with van der Waals surface area (Å²) in [5, 5.41) is 16.7. The molecule has 0 spiro atoms. The van der Waals surface area contributed by atoms with Crippen molar-refractivity contribution in [2.45, 2.75) is 57.7 Å². The van der Waals surface area contributed by atoms with E-state index >= 15 is 0 Å². The zero-order valence-corrected chi connectivity index (χ0v) is 10.3. The summed E-state index contributed by atoms with van der Waals surface area (Å²) in [7, 11) is 0. The van der Waals surface area contributed by atoms with E-state index in [2.05, 4.69) is 11.9 Å². The van der Waals surface area contributed by atoms with Crippen LogP contribution in [0, 0.1) is 0 Å². The molecule has 0 aromatic heterocycles. The fourth-order valence-electron chi connectivity index (χ4n) is 2.66. The van der Waals surface area contributed by atoms with Crippen LogP contribution >= 0.6 is 0 Å². The largest absolute Gasteiger partial charge is 0.310 e. The van der Waals surface area contributed by atoms with Gasteiger partial charge < -0.3 is 5.32 Å². The van der Waals surface area contributed by atoms with Crippen LogP contribution in [0.2, 0.25) is 0 Å². The molecule has 1 saturated heterocycles. The molecular formula is C12H23N2O. The molecule has 0 aromatic carbocycles. The zero-order valence-electron chi connectivity index (χ0n) is 10.3. The first-order chi connectivity index (χ1) is 6.79. The Morgan fingerprint density at radius 2 is 1.80 bits per heavy atom. The molecule has 1 aliphatic rings. The van der Waals surface area contributed by atoms with Gasteiger partial charge in [-0.05, 0) is 40.5 Å². The number of piperidine rings is 1. The average molecular weight is 211 g/mol. The molecule has 1 radical (unpaired) electrons. The van der Waals surface area contributed by atoms with Gasteiger partial charge in [-0.25, -0.2) is 0 Å². The summed E-state index contributed by atoms with van der Waals surface area (Å²) in [6.07, 6.45) is 3.66. The highest BCUT2D eigenvalue weighted by Crippen LogP contribution is 2.36. The molecule has 3 nitrogen and oxygen atoms in total. The molecule has 0 aromatic rings. The first-order valence-corrected chi connectivity index (χ1v) is 5.61. The van der Waals surface area contributed by atoms with Crippen LogP contribution < -0.4 is 5.32 Å². The van der Waals surface area contributed by atoms with Gasteiger partial charge in [0.15, 0.2) is 0 Å². The molecule has 0 aliphatic carbocycles. The summed E-state index contributed by atoms with van der Waals surface area (Å²) < 4.78 is 0. The Hall–Kier alpha value is -0.380. The van der Waals surface area contributed by atoms with E-state index in [0.717, 1.165) is 19.4 Å². The molecule has 0 saturated carbocycles. The van der Waals surface area contributed by atoms with Crippen molar-refractivity contribution < 1.29 is 5.21 Å². The maximum absolute atomic E-state index is 12.1. The minimum absolute atomic E-state index is 0.277. The third-order valence-corrected chi connectivity index (χ3v) is 3.14. The predicted octanol–water partition coefficient (Wildman–Crippen LogP) is 2.13. The Morgan fingerprint density at radius 3 is 2.20 bits per heavy atom. The number of hydrogen-bond acceptors (Lipinski definition) is 2. The van der Waals surface area contributed by atoms with Gasteiger partial charge in [0.25, 0.3) is 0 Å². The summed E-state index contributed by atoms with van der Waals surface area (Å²) in [6.45, 7) is 12.6. The maximum Gasteiger partial charge on any atom is 0.0458 e. The van der Waals surface area contributed by atoms with Crippen molar-refractivity contribution in [1.82, 2.24) is 10.4 Å². The standard InChI is InChI=1S/C12H23N2O/c1-6-7-13-10-8-11(2,3)14(15)12(4,5)9-10/h6,10,13H,1,7-9H2,2-5H3. The molecule has 0 unspecified atom stereocenters. The molecule has 0 atom stereocenters. The molecule has 0 amide bonds. The Kier molecular flexibility index (Phi) is 3.59. The van der Waals surface area contributed by atoms with Crippen LogP contribution in [-0.2, 0) is 5.21 Å². The Labute approximate surface area is 93.1 Å². The summed E-state index contributed by atoms with van der Waals surface area (Å²) in [4.78, 5) is 0. The summed E-state index contributed by atoms with van der Waals surface area (Å²) in [6, 6.07) is 0.415. The van der Waals surface area contributed by atoms with E-state index in [1.54, 1.807) is 0 Å². The Balaban J connectivity index is 2.70. The van der Waals surface area contributed by atoms with E-state index in [-0.39, 0.29) is 11.1 Å². The second-order valence-corrected chi connectivity index (χ2v) is 5.72. The summed E-state index contributed by atoms with van der Waals surface area (Å²) >= 11 is 0. The van der Waals surface area contributed by atoms with Gasteiger partial charge in [0.05, 0.1) is 0 Å². The topological polar surface area (TPSA) is 35.2 Å². The SMILES string of the molecule is C=CCNC1CC(C)(C)N([O])C(C)(C)C1. The number of nitrogens with zero attached hydrogens (tertiary/aromatic N) is 1. The molecule has 1 rings (SSSR count). The van der Waals surface area contributed by atoms with Gasteiger partial charge in [-0.1, -0.05) is 6.08 Å². The van der Waals surface area contributed by atoms with Gasteiger partial charge in [-0.15, -0.1) is 16.8 Å². The first kappa shape index (κ1) is 12.7. The second-order valence-electron chi connectivity index (χ2n) is 5.72. The van der Waals surface area contributed by atoms with Crippen molar-refractivity contribution in [3.05, 3.63) is 12.7 Å². The van der Waals surface area contributed by atoms with Gasteiger partial charge >= 0.3 is 0 Å². The first-order valence-electron chi connectivity index (χ1n) is 5.61. The van der Waals surface area contributed by atoms with Gasteiger partial charge in [-0.3, -0.25) is 0 Å². The van der Waals surface area contributed by atoms with Crippen LogP contribution in [0.1, 0.15) is 40.5 Å². The fraction of sp³-hybridized carbons (Fsp3) is 0.833. The van der Waals surface area contributed by atoms with E-state index < -0.39 is 0 Å². The smallest absolute Gasteiger partial charge is 0.0458 e. The normalized spacial score (nSPS) is 26.5. The lowest BCUT2D eigenvalue weighted by atomic mass is 9.79. The van der Waals surface area contributed by atoms with Crippen LogP contribution in [0.15, 0.2) is 12.7 Å². The number of rotatable bonds is 3. The van der Waals surface area contributed by atoms with Crippen LogP contribution in [0.25, 0.3) is 0 Å². The molecule has 15 heavy (non-hydrogen) atoms. The van der Waals surface area contributed by atoms with Crippen LogP contribution in [0.4, 0.5) is 0 Å². The van der Waals surface area contributed by atoms with E-state index in [9.17, 15) is 5.21 Å². The van der Waals surface area contributed by atoms with Crippen molar-refractivity contribution in [1.29, 1.82) is 0 Å². The van der Waals surface area contributed by atoms with Crippen molar-refractivity contribution in [2.75, 3.05) is 6.54 Å². The molecule has 3 heteroatoms. The molecule has 87 valence electrons. The monoisotopic (exact) mass is 211 g/mol. The van der Waals surface area contributed by atoms with Gasteiger partial charge in [0.2, 0.25) is 0 Å². The summed E-state index contributed by atoms with van der Waals surface area (Å²) in [5.41, 5.74) is -0.554. The lowest BCUT2D eigenvalue weighted by Gasteiger charge is -2.50. The maximum atomic E-state index is 12.1. The Bertz CT molecular complexity index is 218. The highest BCUT2D eigenvalue weighted by Gasteiger charge is 2.45. The highest BCUT2D eigenvalue weighted by molar-refractivity contribution is 4.98. The van der Waals surface area contributed by atoms with Gasteiger partial charge in [-0.2, -0.15) is 0 Å². The van der Waals surface area contributed by atoms with Crippen molar-refractivity contribution in [3.8, 4) is 0 Å². The van der Waals surface area contributed by atoms with Crippen LogP contribution in [-0.4, -0.2) is 28.7 Å². The van der Waals surface area contributed by atoms with E-state index in [0.29, 0.717) is 6.04 Å². The molecule has 1 fully saturated rings. The quantitative estimate of drug-likeness (QED) is 0.726. The van der Waals surface area contributed by atoms with E-state index in [1.807, 2.05) is 33.8 Å². The lowest BCUT2D eigenvalue weighted by molar-refractivity contribution is -0.290. The minimum atomic E-state index is -0.277. The molecule has 1 heterocycles. The minimum Gasteiger partial charge on any atom is -0.310 e. The molecule has 0 bridgehead atoms. The Morgan fingerprint density at radius 1 is 1.33 bits per heavy atom. The third-order valence-electron chi connectivity index (χ3n) is 3.14. The lowest BCUT2D eigenvalue weighted by Crippen LogP contribution is -2.61. The van der Waals surface area contributed by atoms with Crippen LogP contribution in [0.5, 0.6) is 0 Å². The van der Waals surface area contributed by atoms with Crippen molar-refractivity contribution in [3.63, 3.8) is 0 Å². The number of hydrogen-bond donors (Lipinski definition) is 1. The zero-order chi connectivity index (χ0) is 11.7. The van der Waals surface area contributed by atoms with Crippen molar-refractivity contribution >= 4 is 0 Å². The third kappa shape index (κ3) is 2.80. The van der Waals surface area contributed by atoms with Crippen LogP contribution in [0.3, 0.4) is 0 Å². The predicted molar refractivity (Wildman–Crippen MR) is 61.9 cm³/mol. The van der Waals surface area contributed by atoms with E-state index in [1.165, 1.54) is 5.06 Å². The number of hydroxylamine groups is 2. The molecule has 1 N–H and O–H groups in total. The molecule has 1 aliphatic heterocycles. The van der Waals surface area contributed by atoms with E-state index in [4.69, 9.17) is 0 Å². The highest BCUT2D eigenvalue weighted by atomic mass is 16.5. The van der Waals surface area contributed by atoms with Crippen molar-refractivity contribution in [2.24, 2.45) is 0 Å². The molecular weight excluding hydrogens is 188 g/mol. The second kappa shape index (κ2) is 4.24. The average Bonchev–Trinajstić information content (AvgIpc) is 2.10.